The molecule has 0 unspecified atom stereocenters. The highest BCUT2D eigenvalue weighted by Gasteiger charge is 2.27. The van der Waals surface area contributed by atoms with Crippen LogP contribution in [-0.2, 0) is 13.5 Å². The number of fused-ring (bicyclic) bond motifs is 5. The second-order valence-electron chi connectivity index (χ2n) is 9.61. The molecule has 156 valence electrons. The van der Waals surface area contributed by atoms with Crippen LogP contribution in [0.1, 0.15) is 25.0 Å². The van der Waals surface area contributed by atoms with Gasteiger partial charge in [-0.05, 0) is 47.7 Å². The Hall–Kier alpha value is -3.71. The van der Waals surface area contributed by atoms with Crippen molar-refractivity contribution in [2.24, 2.45) is 7.05 Å². The normalized spacial score (nSPS) is 12.6. The van der Waals surface area contributed by atoms with Gasteiger partial charge in [0.2, 0.25) is 11.1 Å². The Kier molecular flexibility index (Phi) is 3.67. The van der Waals surface area contributed by atoms with Crippen LogP contribution in [0.15, 0.2) is 54.7 Å². The molecule has 0 aliphatic heterocycles. The van der Waals surface area contributed by atoms with E-state index in [1.807, 2.05) is 19.9 Å². The first-order valence-corrected chi connectivity index (χ1v) is 10.9. The lowest BCUT2D eigenvalue weighted by Gasteiger charge is -2.16. The van der Waals surface area contributed by atoms with Crippen molar-refractivity contribution in [2.45, 2.75) is 32.7 Å². The summed E-state index contributed by atoms with van der Waals surface area (Å²) < 4.78 is 18.9. The molecular formula is C28H23FN3+. The minimum Gasteiger partial charge on any atom is -0.311 e. The van der Waals surface area contributed by atoms with Gasteiger partial charge in [-0.15, -0.1) is 0 Å². The minimum absolute atomic E-state index is 0.235. The molecule has 0 amide bonds. The van der Waals surface area contributed by atoms with Crippen LogP contribution in [0.3, 0.4) is 0 Å². The van der Waals surface area contributed by atoms with Gasteiger partial charge in [0.15, 0.2) is 6.20 Å². The second-order valence-corrected chi connectivity index (χ2v) is 9.61. The summed E-state index contributed by atoms with van der Waals surface area (Å²) in [6, 6.07) is 16.0. The molecule has 3 aromatic carbocycles. The molecule has 0 fully saturated rings. The lowest BCUT2D eigenvalue weighted by Crippen LogP contribution is -2.29. The molecular weight excluding hydrogens is 397 g/mol. The highest BCUT2D eigenvalue weighted by Crippen LogP contribution is 2.41. The fraction of sp³-hybridized carbons (Fsp3) is 0.214. The molecule has 6 aromatic rings. The molecule has 3 heterocycles. The smallest absolute Gasteiger partial charge is 0.231 e. The van der Waals surface area contributed by atoms with E-state index < -0.39 is 5.54 Å². The van der Waals surface area contributed by atoms with Crippen molar-refractivity contribution in [3.63, 3.8) is 0 Å². The van der Waals surface area contributed by atoms with Gasteiger partial charge in [-0.3, -0.25) is 0 Å². The number of aromatic nitrogens is 2. The van der Waals surface area contributed by atoms with E-state index in [1.165, 1.54) is 21.9 Å². The van der Waals surface area contributed by atoms with Gasteiger partial charge in [0.05, 0.1) is 33.7 Å². The lowest BCUT2D eigenvalue weighted by molar-refractivity contribution is -0.643. The first kappa shape index (κ1) is 19.0. The van der Waals surface area contributed by atoms with Crippen molar-refractivity contribution in [3.05, 3.63) is 83.1 Å². The molecule has 0 aliphatic rings. The molecule has 0 N–H and O–H groups in total. The van der Waals surface area contributed by atoms with Crippen LogP contribution in [0.25, 0.3) is 53.8 Å². The Bertz CT molecular complexity index is 1770. The van der Waals surface area contributed by atoms with Crippen LogP contribution in [0.2, 0.25) is 0 Å². The summed E-state index contributed by atoms with van der Waals surface area (Å²) in [4.78, 5) is 3.82. The maximum absolute atomic E-state index is 14.4. The van der Waals surface area contributed by atoms with E-state index in [4.69, 9.17) is 6.57 Å². The number of hydrogen-bond acceptors (Lipinski definition) is 0. The minimum atomic E-state index is -0.480. The second kappa shape index (κ2) is 6.17. The van der Waals surface area contributed by atoms with Gasteiger partial charge in [0.1, 0.15) is 12.9 Å². The molecule has 3 nitrogen and oxygen atoms in total. The fourth-order valence-corrected chi connectivity index (χ4v) is 5.39. The predicted molar refractivity (Wildman–Crippen MR) is 129 cm³/mol. The van der Waals surface area contributed by atoms with Crippen LogP contribution in [0, 0.1) is 19.3 Å². The fourth-order valence-electron chi connectivity index (χ4n) is 5.39. The Balaban J connectivity index is 1.94. The van der Waals surface area contributed by atoms with Crippen molar-refractivity contribution in [2.75, 3.05) is 0 Å². The number of hydrogen-bond donors (Lipinski definition) is 0. The third-order valence-electron chi connectivity index (χ3n) is 6.79. The number of nitrogens with zero attached hydrogens (tertiary/aromatic N) is 3. The average Bonchev–Trinajstić information content (AvgIpc) is 3.08. The summed E-state index contributed by atoms with van der Waals surface area (Å²) in [5, 5.41) is 5.71. The lowest BCUT2D eigenvalue weighted by atomic mass is 9.92. The zero-order chi connectivity index (χ0) is 22.4. The Morgan fingerprint density at radius 2 is 1.78 bits per heavy atom. The molecule has 6 rings (SSSR count). The van der Waals surface area contributed by atoms with E-state index in [0.29, 0.717) is 6.42 Å². The molecule has 0 radical (unpaired) electrons. The van der Waals surface area contributed by atoms with Gasteiger partial charge in [-0.25, -0.2) is 15.5 Å². The summed E-state index contributed by atoms with van der Waals surface area (Å²) in [6.07, 6.45) is 2.77. The third kappa shape index (κ3) is 2.42. The molecule has 3 aromatic heterocycles. The molecule has 4 heteroatoms. The van der Waals surface area contributed by atoms with Crippen LogP contribution in [-0.4, -0.2) is 9.94 Å². The molecule has 0 atom stereocenters. The first-order valence-electron chi connectivity index (χ1n) is 10.9. The van der Waals surface area contributed by atoms with Crippen LogP contribution >= 0.6 is 0 Å². The number of rotatable bonds is 2. The van der Waals surface area contributed by atoms with Crippen molar-refractivity contribution < 1.29 is 8.96 Å². The van der Waals surface area contributed by atoms with Crippen LogP contribution in [0.4, 0.5) is 4.39 Å². The molecule has 0 saturated heterocycles. The number of aryl methyl sites for hydroxylation is 2. The zero-order valence-corrected chi connectivity index (χ0v) is 18.6. The summed E-state index contributed by atoms with van der Waals surface area (Å²) in [5.74, 6) is -0.235. The molecule has 0 aliphatic carbocycles. The topological polar surface area (TPSA) is 12.7 Å². The van der Waals surface area contributed by atoms with E-state index in [2.05, 4.69) is 64.3 Å². The largest absolute Gasteiger partial charge is 0.311 e. The Labute approximate surface area is 185 Å². The van der Waals surface area contributed by atoms with Crippen LogP contribution in [0.5, 0.6) is 0 Å². The van der Waals surface area contributed by atoms with Crippen molar-refractivity contribution >= 4 is 49.0 Å². The third-order valence-corrected chi connectivity index (χ3v) is 6.79. The summed E-state index contributed by atoms with van der Waals surface area (Å²) in [5.41, 5.74) is 6.10. The quantitative estimate of drug-likeness (QED) is 0.131. The van der Waals surface area contributed by atoms with E-state index >= 15 is 0 Å². The monoisotopic (exact) mass is 420 g/mol. The summed E-state index contributed by atoms with van der Waals surface area (Å²) in [7, 11) is 2.09. The molecule has 32 heavy (non-hydrogen) atoms. The van der Waals surface area contributed by atoms with Crippen molar-refractivity contribution in [3.8, 4) is 0 Å². The van der Waals surface area contributed by atoms with Gasteiger partial charge < -0.3 is 9.25 Å². The highest BCUT2D eigenvalue weighted by molar-refractivity contribution is 6.25. The predicted octanol–water partition coefficient (Wildman–Crippen LogP) is 6.50. The van der Waals surface area contributed by atoms with E-state index in [-0.39, 0.29) is 5.82 Å². The van der Waals surface area contributed by atoms with E-state index in [0.717, 1.165) is 38.3 Å². The van der Waals surface area contributed by atoms with Gasteiger partial charge in [0, 0.05) is 30.7 Å². The van der Waals surface area contributed by atoms with Gasteiger partial charge in [-0.1, -0.05) is 18.2 Å². The number of pyridine rings is 2. The maximum Gasteiger partial charge on any atom is 0.231 e. The van der Waals surface area contributed by atoms with Gasteiger partial charge >= 0.3 is 0 Å². The summed E-state index contributed by atoms with van der Waals surface area (Å²) in [6.45, 7) is 13.7. The van der Waals surface area contributed by atoms with Gasteiger partial charge in [0.25, 0.3) is 0 Å². The zero-order valence-electron chi connectivity index (χ0n) is 18.6. The SMILES string of the molecule is [C-]#[N+]C(C)(C)Cc1cc2cc[n+](C)c3c4c(C)ccc5c6ccc(F)cc6n(c(c1)c23)c54. The standard InChI is InChI=1S/C28H23FN3/c1-16-6-8-21-20-9-7-19(29)14-22(20)32-23-13-17(15-28(2,3)30-4)12-18-10-11-31(5)27(25(18)23)24(16)26(21)32/h6-14H,15H2,1-3,5H3/q+1. The number of halogens is 1. The van der Waals surface area contributed by atoms with E-state index in [9.17, 15) is 4.39 Å². The van der Waals surface area contributed by atoms with Crippen molar-refractivity contribution in [1.82, 2.24) is 4.40 Å². The molecule has 0 bridgehead atoms. The average molecular weight is 421 g/mol. The molecule has 0 saturated carbocycles. The summed E-state index contributed by atoms with van der Waals surface area (Å²) >= 11 is 0. The first-order chi connectivity index (χ1) is 15.3. The Morgan fingerprint density at radius 3 is 2.56 bits per heavy atom. The number of benzene rings is 3. The molecule has 0 spiro atoms. The van der Waals surface area contributed by atoms with Crippen molar-refractivity contribution in [1.29, 1.82) is 0 Å². The highest BCUT2D eigenvalue weighted by atomic mass is 19.1. The van der Waals surface area contributed by atoms with E-state index in [1.54, 1.807) is 12.1 Å². The van der Waals surface area contributed by atoms with Gasteiger partial charge in [-0.2, -0.15) is 0 Å². The maximum atomic E-state index is 14.4. The van der Waals surface area contributed by atoms with Crippen LogP contribution < -0.4 is 4.57 Å². The Morgan fingerprint density at radius 1 is 1.00 bits per heavy atom.